The van der Waals surface area contributed by atoms with E-state index in [-0.39, 0.29) is 37.5 Å². The minimum absolute atomic E-state index is 0.106. The van der Waals surface area contributed by atoms with Gasteiger partial charge in [-0.2, -0.15) is 0 Å². The van der Waals surface area contributed by atoms with Crippen LogP contribution in [0.15, 0.2) is 146 Å². The van der Waals surface area contributed by atoms with E-state index in [9.17, 15) is 14.4 Å². The summed E-state index contributed by atoms with van der Waals surface area (Å²) in [5.41, 5.74) is 0. The summed E-state index contributed by atoms with van der Waals surface area (Å²) < 4.78 is 16.8. The first kappa shape index (κ1) is 78.3. The summed E-state index contributed by atoms with van der Waals surface area (Å²) in [5, 5.41) is 0. The number of hydrogen-bond acceptors (Lipinski definition) is 6. The van der Waals surface area contributed by atoms with Gasteiger partial charge >= 0.3 is 17.9 Å². The van der Waals surface area contributed by atoms with Crippen LogP contribution >= 0.6 is 0 Å². The zero-order valence-corrected chi connectivity index (χ0v) is 53.9. The second-order valence-corrected chi connectivity index (χ2v) is 22.3. The Morgan fingerprint density at radius 1 is 0.241 bits per heavy atom. The van der Waals surface area contributed by atoms with E-state index in [0.717, 1.165) is 122 Å². The lowest BCUT2D eigenvalue weighted by molar-refractivity contribution is -0.166. The van der Waals surface area contributed by atoms with Crippen LogP contribution in [-0.2, 0) is 28.6 Å². The predicted molar refractivity (Wildman–Crippen MR) is 362 cm³/mol. The average molecular weight is 1150 g/mol. The number of rotatable bonds is 61. The highest BCUT2D eigenvalue weighted by Gasteiger charge is 2.19. The van der Waals surface area contributed by atoms with E-state index in [1.54, 1.807) is 0 Å². The Morgan fingerprint density at radius 3 is 0.747 bits per heavy atom. The van der Waals surface area contributed by atoms with Crippen molar-refractivity contribution >= 4 is 17.9 Å². The molecule has 0 bridgehead atoms. The fraction of sp³-hybridized carbons (Fsp3) is 0.649. The summed E-state index contributed by atoms with van der Waals surface area (Å²) in [5.74, 6) is -0.996. The number of esters is 3. The van der Waals surface area contributed by atoms with Gasteiger partial charge in [-0.1, -0.05) is 308 Å². The topological polar surface area (TPSA) is 78.9 Å². The number of carbonyl (C=O) groups excluding carboxylic acids is 3. The lowest BCUT2D eigenvalue weighted by atomic mass is 10.0. The lowest BCUT2D eigenvalue weighted by Gasteiger charge is -2.18. The van der Waals surface area contributed by atoms with Gasteiger partial charge in [-0.05, 0) is 122 Å². The highest BCUT2D eigenvalue weighted by Crippen LogP contribution is 2.17. The largest absolute Gasteiger partial charge is 0.462 e. The molecule has 6 heteroatoms. The first-order chi connectivity index (χ1) is 41.0. The van der Waals surface area contributed by atoms with Gasteiger partial charge in [-0.25, -0.2) is 0 Å². The van der Waals surface area contributed by atoms with Crippen molar-refractivity contribution < 1.29 is 28.6 Å². The number of ether oxygens (including phenoxy) is 3. The van der Waals surface area contributed by atoms with Crippen molar-refractivity contribution in [2.45, 2.75) is 309 Å². The molecule has 0 N–H and O–H groups in total. The fourth-order valence-electron chi connectivity index (χ4n) is 9.32. The summed E-state index contributed by atoms with van der Waals surface area (Å²) in [4.78, 5) is 38.3. The van der Waals surface area contributed by atoms with Crippen LogP contribution in [0.4, 0.5) is 0 Å². The molecule has 0 saturated heterocycles. The molecule has 470 valence electrons. The molecule has 0 rings (SSSR count). The Morgan fingerprint density at radius 2 is 0.458 bits per heavy atom. The molecule has 83 heavy (non-hydrogen) atoms. The van der Waals surface area contributed by atoms with Crippen LogP contribution < -0.4 is 0 Å². The van der Waals surface area contributed by atoms with Crippen molar-refractivity contribution in [3.8, 4) is 0 Å². The number of hydrogen-bond donors (Lipinski definition) is 0. The van der Waals surface area contributed by atoms with E-state index >= 15 is 0 Å². The highest BCUT2D eigenvalue weighted by molar-refractivity contribution is 5.71. The van der Waals surface area contributed by atoms with Gasteiger partial charge in [0.2, 0.25) is 0 Å². The summed E-state index contributed by atoms with van der Waals surface area (Å²) in [7, 11) is 0. The molecule has 0 aromatic rings. The summed E-state index contributed by atoms with van der Waals surface area (Å²) in [6.07, 6.45) is 100. The molecular weight excluding hydrogens is 1020 g/mol. The molecule has 0 aromatic carbocycles. The van der Waals surface area contributed by atoms with Crippen molar-refractivity contribution in [3.05, 3.63) is 146 Å². The van der Waals surface area contributed by atoms with Gasteiger partial charge in [0.25, 0.3) is 0 Å². The van der Waals surface area contributed by atoms with E-state index in [2.05, 4.69) is 161 Å². The van der Waals surface area contributed by atoms with Crippen LogP contribution in [0.3, 0.4) is 0 Å². The molecular formula is C77H126O6. The molecule has 0 spiro atoms. The van der Waals surface area contributed by atoms with Gasteiger partial charge in [-0.15, -0.1) is 0 Å². The minimum atomic E-state index is -0.816. The van der Waals surface area contributed by atoms with Crippen LogP contribution in [-0.4, -0.2) is 37.2 Å². The average Bonchev–Trinajstić information content (AvgIpc) is 3.49. The summed E-state index contributed by atoms with van der Waals surface area (Å²) in [6.45, 7) is 6.24. The maximum atomic E-state index is 12.9. The summed E-state index contributed by atoms with van der Waals surface area (Å²) >= 11 is 0. The van der Waals surface area contributed by atoms with Crippen molar-refractivity contribution in [2.75, 3.05) is 13.2 Å². The van der Waals surface area contributed by atoms with Gasteiger partial charge in [0, 0.05) is 19.3 Å². The highest BCUT2D eigenvalue weighted by atomic mass is 16.6. The van der Waals surface area contributed by atoms with Crippen LogP contribution in [0, 0.1) is 0 Å². The van der Waals surface area contributed by atoms with E-state index in [0.29, 0.717) is 19.3 Å². The molecule has 0 aliphatic heterocycles. The SMILES string of the molecule is CC/C=C\C/C=C\C/C=C\C/C=C\C/C=C\CCCCCCCCCCCCCCCCCCCCCC(=O)OCC(COC(=O)CC/C=C\C/C=C\C/C=C\C/C=C\CC)OC(=O)CCCCCCCCC/C=C\C/C=C\C/C=C\CC. The maximum absolute atomic E-state index is 12.9. The smallest absolute Gasteiger partial charge is 0.306 e. The normalized spacial score (nSPS) is 13.0. The molecule has 1 unspecified atom stereocenters. The van der Waals surface area contributed by atoms with Crippen LogP contribution in [0.25, 0.3) is 0 Å². The molecule has 0 amide bonds. The van der Waals surface area contributed by atoms with E-state index in [1.165, 1.54) is 135 Å². The number of allylic oxidation sites excluding steroid dienone is 24. The molecule has 0 aliphatic carbocycles. The van der Waals surface area contributed by atoms with Crippen molar-refractivity contribution in [2.24, 2.45) is 0 Å². The lowest BCUT2D eigenvalue weighted by Crippen LogP contribution is -2.30. The predicted octanol–water partition coefficient (Wildman–Crippen LogP) is 23.9. The Labute approximate surface area is 512 Å². The third kappa shape index (κ3) is 68.0. The van der Waals surface area contributed by atoms with Gasteiger partial charge < -0.3 is 14.2 Å². The molecule has 0 fully saturated rings. The van der Waals surface area contributed by atoms with Crippen LogP contribution in [0.5, 0.6) is 0 Å². The minimum Gasteiger partial charge on any atom is -0.462 e. The van der Waals surface area contributed by atoms with Crippen molar-refractivity contribution in [1.29, 1.82) is 0 Å². The van der Waals surface area contributed by atoms with Gasteiger partial charge in [-0.3, -0.25) is 14.4 Å². The second kappa shape index (κ2) is 69.8. The summed E-state index contributed by atoms with van der Waals surface area (Å²) in [6, 6.07) is 0. The van der Waals surface area contributed by atoms with Crippen molar-refractivity contribution in [3.63, 3.8) is 0 Å². The Bertz CT molecular complexity index is 1800. The third-order valence-electron chi connectivity index (χ3n) is 14.3. The first-order valence-electron chi connectivity index (χ1n) is 34.3. The molecule has 1 atom stereocenters. The Kier molecular flexibility index (Phi) is 65.8. The number of unbranched alkanes of at least 4 members (excludes halogenated alkanes) is 26. The third-order valence-corrected chi connectivity index (χ3v) is 14.3. The first-order valence-corrected chi connectivity index (χ1v) is 34.3. The second-order valence-electron chi connectivity index (χ2n) is 22.3. The van der Waals surface area contributed by atoms with Crippen molar-refractivity contribution in [1.82, 2.24) is 0 Å². The quantitative estimate of drug-likeness (QED) is 0.0261. The molecule has 0 saturated carbocycles. The maximum Gasteiger partial charge on any atom is 0.306 e. The van der Waals surface area contributed by atoms with Gasteiger partial charge in [0.15, 0.2) is 6.10 Å². The van der Waals surface area contributed by atoms with E-state index in [4.69, 9.17) is 14.2 Å². The zero-order chi connectivity index (χ0) is 59.9. The molecule has 0 heterocycles. The molecule has 6 nitrogen and oxygen atoms in total. The number of carbonyl (C=O) groups is 3. The Balaban J connectivity index is 4.19. The fourth-order valence-corrected chi connectivity index (χ4v) is 9.32. The zero-order valence-electron chi connectivity index (χ0n) is 53.9. The van der Waals surface area contributed by atoms with Gasteiger partial charge in [0.1, 0.15) is 13.2 Å². The van der Waals surface area contributed by atoms with Crippen LogP contribution in [0.1, 0.15) is 303 Å². The standard InChI is InChI=1S/C77H126O6/c1-4-7-10-13-16-19-22-25-27-29-30-31-32-33-34-35-36-37-38-39-40-41-42-43-44-45-46-48-49-52-55-58-61-64-67-70-76(79)82-73-74(72-81-75(78)69-66-63-60-57-54-51-24-21-18-15-12-9-6-3)83-77(80)71-68-65-62-59-56-53-50-47-28-26-23-20-17-14-11-8-5-2/h7-12,16-21,25-28,30-31,33-34,51,54,60,63,74H,4-6,13-15,22-24,29,32,35-50,52-53,55-59,61-62,64-73H2,1-3H3/b10-7-,11-8-,12-9-,19-16-,20-17-,21-18-,27-25-,28-26-,31-30-,34-33-,54-51-,63-60-. The molecule has 0 aliphatic rings. The van der Waals surface area contributed by atoms with Crippen LogP contribution in [0.2, 0.25) is 0 Å². The van der Waals surface area contributed by atoms with Gasteiger partial charge in [0.05, 0.1) is 0 Å². The Hall–Kier alpha value is -4.71. The van der Waals surface area contributed by atoms with E-state index < -0.39 is 6.10 Å². The van der Waals surface area contributed by atoms with E-state index in [1.807, 2.05) is 6.08 Å². The molecule has 0 radical (unpaired) electrons. The monoisotopic (exact) mass is 1150 g/mol. The molecule has 0 aromatic heterocycles.